The number of nitrogens with one attached hydrogen (secondary N) is 1. The predicted molar refractivity (Wildman–Crippen MR) is 115 cm³/mol. The Kier molecular flexibility index (Phi) is 4.93. The van der Waals surface area contributed by atoms with E-state index >= 15 is 0 Å². The lowest BCUT2D eigenvalue weighted by Crippen LogP contribution is -2.29. The van der Waals surface area contributed by atoms with Gasteiger partial charge in [0, 0.05) is 6.20 Å². The first-order valence-corrected chi connectivity index (χ1v) is 9.25. The molecule has 4 aromatic rings. The average Bonchev–Trinajstić information content (AvgIpc) is 2.75. The van der Waals surface area contributed by atoms with Crippen LogP contribution in [0.1, 0.15) is 15.9 Å². The van der Waals surface area contributed by atoms with E-state index in [0.29, 0.717) is 22.5 Å². The molecule has 7 nitrogen and oxygen atoms in total. The Morgan fingerprint density at radius 3 is 2.60 bits per heavy atom. The zero-order valence-corrected chi connectivity index (χ0v) is 16.4. The predicted octanol–water partition coefficient (Wildman–Crippen LogP) is 3.66. The molecule has 30 heavy (non-hydrogen) atoms. The molecule has 150 valence electrons. The normalized spacial score (nSPS) is 10.7. The van der Waals surface area contributed by atoms with Crippen LogP contribution in [0.15, 0.2) is 71.7 Å². The maximum atomic E-state index is 13.3. The average molecular weight is 401 g/mol. The van der Waals surface area contributed by atoms with Crippen LogP contribution in [0.5, 0.6) is 11.5 Å². The van der Waals surface area contributed by atoms with E-state index < -0.39 is 17.2 Å². The fourth-order valence-corrected chi connectivity index (χ4v) is 3.33. The van der Waals surface area contributed by atoms with Gasteiger partial charge in [-0.05, 0) is 48.9 Å². The molecule has 2 aromatic carbocycles. The van der Waals surface area contributed by atoms with Crippen molar-refractivity contribution in [1.29, 1.82) is 0 Å². The van der Waals surface area contributed by atoms with Gasteiger partial charge in [-0.1, -0.05) is 24.3 Å². The Bertz CT molecular complexity index is 1310. The molecule has 0 bridgehead atoms. The molecule has 4 rings (SSSR count). The number of carbonyl (C=O) groups is 1. The molecule has 0 aliphatic rings. The van der Waals surface area contributed by atoms with Gasteiger partial charge < -0.3 is 15.2 Å². The molecule has 7 heteroatoms. The molecule has 0 spiro atoms. The van der Waals surface area contributed by atoms with Crippen molar-refractivity contribution < 1.29 is 14.6 Å². The number of fused-ring (bicyclic) bond motifs is 1. The van der Waals surface area contributed by atoms with Crippen molar-refractivity contribution in [2.24, 2.45) is 0 Å². The van der Waals surface area contributed by atoms with E-state index in [-0.39, 0.29) is 11.2 Å². The number of aromatic hydroxyl groups is 1. The molecule has 2 heterocycles. The summed E-state index contributed by atoms with van der Waals surface area (Å²) in [5.74, 6) is -0.712. The lowest BCUT2D eigenvalue weighted by atomic mass is 10.1. The smallest absolute Gasteiger partial charge is 0.273 e. The standard InChI is InChI=1S/C23H19N3O4/c1-14-10-11-18(30-2)17(13-14)25-22(28)19-20(27)16-9-6-12-24-21(16)26(23(19)29)15-7-4-3-5-8-15/h3-13,27H,1-2H3,(H,25,28). The SMILES string of the molecule is COc1ccc(C)cc1NC(=O)c1c(O)c2cccnc2n(-c2ccccc2)c1=O. The van der Waals surface area contributed by atoms with Crippen molar-refractivity contribution in [2.45, 2.75) is 6.92 Å². The lowest BCUT2D eigenvalue weighted by molar-refractivity contribution is 0.102. The van der Waals surface area contributed by atoms with Gasteiger partial charge in [0.25, 0.3) is 11.5 Å². The Labute approximate surface area is 172 Å². The van der Waals surface area contributed by atoms with E-state index in [1.807, 2.05) is 19.1 Å². The zero-order valence-electron chi connectivity index (χ0n) is 16.4. The minimum atomic E-state index is -0.739. The second kappa shape index (κ2) is 7.71. The van der Waals surface area contributed by atoms with Crippen molar-refractivity contribution in [3.63, 3.8) is 0 Å². The van der Waals surface area contributed by atoms with E-state index in [2.05, 4.69) is 10.3 Å². The Morgan fingerprint density at radius 1 is 1.10 bits per heavy atom. The number of aryl methyl sites for hydroxylation is 1. The molecule has 0 aliphatic heterocycles. The van der Waals surface area contributed by atoms with Gasteiger partial charge in [0.1, 0.15) is 17.1 Å². The summed E-state index contributed by atoms with van der Waals surface area (Å²) in [7, 11) is 1.49. The number of aromatic nitrogens is 2. The Hall–Kier alpha value is -4.13. The van der Waals surface area contributed by atoms with Gasteiger partial charge in [0.2, 0.25) is 0 Å². The third-order valence-corrected chi connectivity index (χ3v) is 4.75. The first-order chi connectivity index (χ1) is 14.5. The highest BCUT2D eigenvalue weighted by molar-refractivity contribution is 6.09. The second-order valence-corrected chi connectivity index (χ2v) is 6.73. The maximum absolute atomic E-state index is 13.3. The van der Waals surface area contributed by atoms with Crippen molar-refractivity contribution >= 4 is 22.6 Å². The lowest BCUT2D eigenvalue weighted by Gasteiger charge is -2.15. The van der Waals surface area contributed by atoms with Crippen LogP contribution in [-0.4, -0.2) is 27.7 Å². The Balaban J connectivity index is 1.93. The van der Waals surface area contributed by atoms with Gasteiger partial charge in [0.15, 0.2) is 5.65 Å². The summed E-state index contributed by atoms with van der Waals surface area (Å²) < 4.78 is 6.61. The van der Waals surface area contributed by atoms with Gasteiger partial charge in [-0.2, -0.15) is 0 Å². The summed E-state index contributed by atoms with van der Waals surface area (Å²) in [6, 6.07) is 17.4. The number of para-hydroxylation sites is 1. The minimum absolute atomic E-state index is 0.260. The van der Waals surface area contributed by atoms with E-state index in [0.717, 1.165) is 5.56 Å². The van der Waals surface area contributed by atoms with E-state index in [1.165, 1.54) is 17.9 Å². The largest absolute Gasteiger partial charge is 0.506 e. The van der Waals surface area contributed by atoms with Crippen LogP contribution in [0.3, 0.4) is 0 Å². The number of hydrogen-bond donors (Lipinski definition) is 2. The number of carbonyl (C=O) groups excluding carboxylic acids is 1. The van der Waals surface area contributed by atoms with E-state index in [1.54, 1.807) is 48.5 Å². The molecule has 1 amide bonds. The van der Waals surface area contributed by atoms with Crippen LogP contribution < -0.4 is 15.6 Å². The number of anilines is 1. The molecule has 0 atom stereocenters. The highest BCUT2D eigenvalue weighted by Gasteiger charge is 2.24. The van der Waals surface area contributed by atoms with E-state index in [4.69, 9.17) is 4.74 Å². The van der Waals surface area contributed by atoms with Crippen molar-refractivity contribution in [2.75, 3.05) is 12.4 Å². The molecule has 0 aliphatic carbocycles. The number of hydrogen-bond acceptors (Lipinski definition) is 5. The summed E-state index contributed by atoms with van der Waals surface area (Å²) in [6.07, 6.45) is 1.53. The topological polar surface area (TPSA) is 93.4 Å². The number of nitrogens with zero attached hydrogens (tertiary/aromatic N) is 2. The van der Waals surface area contributed by atoms with Gasteiger partial charge in [0.05, 0.1) is 23.9 Å². The van der Waals surface area contributed by atoms with Crippen LogP contribution in [0, 0.1) is 6.92 Å². The van der Waals surface area contributed by atoms with Crippen molar-refractivity contribution in [3.8, 4) is 17.2 Å². The van der Waals surface area contributed by atoms with Gasteiger partial charge in [-0.25, -0.2) is 4.98 Å². The molecule has 0 saturated heterocycles. The van der Waals surface area contributed by atoms with Gasteiger partial charge in [-0.3, -0.25) is 14.2 Å². The monoisotopic (exact) mass is 401 g/mol. The molecule has 2 aromatic heterocycles. The molecule has 0 unspecified atom stereocenters. The number of amides is 1. The van der Waals surface area contributed by atoms with Crippen molar-refractivity contribution in [1.82, 2.24) is 9.55 Å². The summed E-state index contributed by atoms with van der Waals surface area (Å²) in [6.45, 7) is 1.87. The highest BCUT2D eigenvalue weighted by atomic mass is 16.5. The van der Waals surface area contributed by atoms with Crippen LogP contribution >= 0.6 is 0 Å². The van der Waals surface area contributed by atoms with Crippen LogP contribution in [0.25, 0.3) is 16.7 Å². The first-order valence-electron chi connectivity index (χ1n) is 9.25. The third kappa shape index (κ3) is 3.26. The van der Waals surface area contributed by atoms with Crippen LogP contribution in [0.2, 0.25) is 0 Å². The summed E-state index contributed by atoms with van der Waals surface area (Å²) >= 11 is 0. The quantitative estimate of drug-likeness (QED) is 0.544. The molecule has 2 N–H and O–H groups in total. The fraction of sp³-hybridized carbons (Fsp3) is 0.0870. The van der Waals surface area contributed by atoms with Gasteiger partial charge >= 0.3 is 0 Å². The number of ether oxygens (including phenoxy) is 1. The maximum Gasteiger partial charge on any atom is 0.273 e. The molecular formula is C23H19N3O4. The zero-order chi connectivity index (χ0) is 21.3. The molecule has 0 radical (unpaired) electrons. The summed E-state index contributed by atoms with van der Waals surface area (Å²) in [4.78, 5) is 30.7. The van der Waals surface area contributed by atoms with Crippen LogP contribution in [0.4, 0.5) is 5.69 Å². The summed E-state index contributed by atoms with van der Waals surface area (Å²) in [5, 5.41) is 13.8. The van der Waals surface area contributed by atoms with Crippen LogP contribution in [-0.2, 0) is 0 Å². The second-order valence-electron chi connectivity index (χ2n) is 6.73. The number of methoxy groups -OCH3 is 1. The fourth-order valence-electron chi connectivity index (χ4n) is 3.33. The molecular weight excluding hydrogens is 382 g/mol. The van der Waals surface area contributed by atoms with Crippen molar-refractivity contribution in [3.05, 3.63) is 88.3 Å². The number of rotatable bonds is 4. The number of pyridine rings is 2. The molecule has 0 fully saturated rings. The first kappa shape index (κ1) is 19.2. The highest BCUT2D eigenvalue weighted by Crippen LogP contribution is 2.29. The molecule has 0 saturated carbocycles. The van der Waals surface area contributed by atoms with Gasteiger partial charge in [-0.15, -0.1) is 0 Å². The number of benzene rings is 2. The third-order valence-electron chi connectivity index (χ3n) is 4.75. The minimum Gasteiger partial charge on any atom is -0.506 e. The van der Waals surface area contributed by atoms with E-state index in [9.17, 15) is 14.7 Å². The summed E-state index contributed by atoms with van der Waals surface area (Å²) in [5.41, 5.74) is 1.06. The Morgan fingerprint density at radius 2 is 1.87 bits per heavy atom.